The van der Waals surface area contributed by atoms with Gasteiger partial charge in [0.05, 0.1) is 0 Å². The molecule has 0 amide bonds. The first-order valence-corrected chi connectivity index (χ1v) is 8.16. The number of hydrogen-bond donors (Lipinski definition) is 2. The molecule has 0 bridgehead atoms. The van der Waals surface area contributed by atoms with Crippen LogP contribution in [0.5, 0.6) is 0 Å². The van der Waals surface area contributed by atoms with E-state index in [9.17, 15) is 0 Å². The van der Waals surface area contributed by atoms with Gasteiger partial charge in [-0.3, -0.25) is 0 Å². The Kier molecular flexibility index (Phi) is 5.08. The molecule has 0 radical (unpaired) electrons. The Balaban J connectivity index is 1.78. The van der Waals surface area contributed by atoms with Crippen molar-refractivity contribution in [3.63, 3.8) is 0 Å². The van der Waals surface area contributed by atoms with Crippen molar-refractivity contribution in [1.82, 2.24) is 10.6 Å². The lowest BCUT2D eigenvalue weighted by atomic mass is 9.66. The first-order valence-electron chi connectivity index (χ1n) is 8.16. The summed E-state index contributed by atoms with van der Waals surface area (Å²) in [6.07, 6.45) is 11.2. The van der Waals surface area contributed by atoms with Crippen LogP contribution in [0.3, 0.4) is 0 Å². The van der Waals surface area contributed by atoms with Gasteiger partial charge in [-0.1, -0.05) is 26.7 Å². The molecule has 2 nitrogen and oxygen atoms in total. The van der Waals surface area contributed by atoms with Gasteiger partial charge < -0.3 is 10.6 Å². The van der Waals surface area contributed by atoms with Crippen LogP contribution in [0.1, 0.15) is 65.2 Å². The Hall–Kier alpha value is -0.0800. The quantitative estimate of drug-likeness (QED) is 0.726. The lowest BCUT2D eigenvalue weighted by Crippen LogP contribution is -2.47. The summed E-state index contributed by atoms with van der Waals surface area (Å²) < 4.78 is 0. The summed E-state index contributed by atoms with van der Waals surface area (Å²) in [6, 6.07) is 0. The van der Waals surface area contributed by atoms with E-state index in [0.717, 1.165) is 0 Å². The lowest BCUT2D eigenvalue weighted by molar-refractivity contribution is 0.107. The normalized spacial score (nSPS) is 25.7. The standard InChI is InChI=1S/C16H32N2/c1-3-6-16(9-11-17-12-10-16)14-18-13-15(4-2)7-5-8-15/h17-18H,3-14H2,1-2H3. The second kappa shape index (κ2) is 6.38. The van der Waals surface area contributed by atoms with Gasteiger partial charge in [0.15, 0.2) is 0 Å². The average molecular weight is 252 g/mol. The van der Waals surface area contributed by atoms with E-state index < -0.39 is 0 Å². The number of hydrogen-bond acceptors (Lipinski definition) is 2. The van der Waals surface area contributed by atoms with E-state index in [-0.39, 0.29) is 0 Å². The van der Waals surface area contributed by atoms with Gasteiger partial charge in [0.25, 0.3) is 0 Å². The van der Waals surface area contributed by atoms with E-state index in [1.165, 1.54) is 77.5 Å². The Bertz CT molecular complexity index is 228. The highest BCUT2D eigenvalue weighted by Gasteiger charge is 2.36. The summed E-state index contributed by atoms with van der Waals surface area (Å²) in [5.74, 6) is 0. The van der Waals surface area contributed by atoms with Crippen molar-refractivity contribution in [2.75, 3.05) is 26.2 Å². The molecule has 0 aromatic heterocycles. The molecule has 2 fully saturated rings. The van der Waals surface area contributed by atoms with Crippen molar-refractivity contribution >= 4 is 0 Å². The van der Waals surface area contributed by atoms with Crippen LogP contribution < -0.4 is 10.6 Å². The van der Waals surface area contributed by atoms with Crippen LogP contribution in [0.25, 0.3) is 0 Å². The zero-order valence-corrected chi connectivity index (χ0v) is 12.5. The molecule has 2 heteroatoms. The van der Waals surface area contributed by atoms with Gasteiger partial charge >= 0.3 is 0 Å². The van der Waals surface area contributed by atoms with Crippen LogP contribution in [-0.2, 0) is 0 Å². The Morgan fingerprint density at radius 2 is 1.61 bits per heavy atom. The van der Waals surface area contributed by atoms with Crippen molar-refractivity contribution < 1.29 is 0 Å². The van der Waals surface area contributed by atoms with Crippen LogP contribution >= 0.6 is 0 Å². The monoisotopic (exact) mass is 252 g/mol. The van der Waals surface area contributed by atoms with Crippen LogP contribution in [-0.4, -0.2) is 26.2 Å². The summed E-state index contributed by atoms with van der Waals surface area (Å²) in [4.78, 5) is 0. The number of rotatable bonds is 7. The van der Waals surface area contributed by atoms with Gasteiger partial charge in [-0.05, 0) is 62.4 Å². The van der Waals surface area contributed by atoms with Crippen molar-refractivity contribution in [3.8, 4) is 0 Å². The summed E-state index contributed by atoms with van der Waals surface area (Å²) in [7, 11) is 0. The van der Waals surface area contributed by atoms with Crippen molar-refractivity contribution in [1.29, 1.82) is 0 Å². The molecular weight excluding hydrogens is 220 g/mol. The fourth-order valence-electron chi connectivity index (χ4n) is 3.93. The van der Waals surface area contributed by atoms with Gasteiger partial charge in [-0.15, -0.1) is 0 Å². The maximum atomic E-state index is 3.85. The molecule has 1 aliphatic carbocycles. The van der Waals surface area contributed by atoms with Crippen molar-refractivity contribution in [3.05, 3.63) is 0 Å². The summed E-state index contributed by atoms with van der Waals surface area (Å²) in [5, 5.41) is 7.36. The predicted octanol–water partition coefficient (Wildman–Crippen LogP) is 3.33. The van der Waals surface area contributed by atoms with Crippen LogP contribution in [0.15, 0.2) is 0 Å². The number of nitrogens with one attached hydrogen (secondary N) is 2. The molecule has 0 aromatic rings. The molecule has 2 aliphatic rings. The fraction of sp³-hybridized carbons (Fsp3) is 1.00. The molecule has 1 aliphatic heterocycles. The SMILES string of the molecule is CCCC1(CNCC2(CC)CCC2)CCNCC1. The molecule has 0 spiro atoms. The van der Waals surface area contributed by atoms with Crippen molar-refractivity contribution in [2.45, 2.75) is 65.2 Å². The summed E-state index contributed by atoms with van der Waals surface area (Å²) in [5.41, 5.74) is 1.26. The highest BCUT2D eigenvalue weighted by molar-refractivity contribution is 4.91. The average Bonchev–Trinajstić information content (AvgIpc) is 2.34. The van der Waals surface area contributed by atoms with Crippen LogP contribution in [0.4, 0.5) is 0 Å². The minimum absolute atomic E-state index is 0.596. The van der Waals surface area contributed by atoms with E-state index in [1.807, 2.05) is 0 Å². The Morgan fingerprint density at radius 1 is 0.944 bits per heavy atom. The molecule has 18 heavy (non-hydrogen) atoms. The predicted molar refractivity (Wildman–Crippen MR) is 78.9 cm³/mol. The van der Waals surface area contributed by atoms with E-state index in [2.05, 4.69) is 24.5 Å². The largest absolute Gasteiger partial charge is 0.317 e. The number of piperidine rings is 1. The van der Waals surface area contributed by atoms with Crippen molar-refractivity contribution in [2.24, 2.45) is 10.8 Å². The van der Waals surface area contributed by atoms with Gasteiger partial charge in [0, 0.05) is 13.1 Å². The summed E-state index contributed by atoms with van der Waals surface area (Å²) in [6.45, 7) is 9.67. The third-order valence-electron chi connectivity index (χ3n) is 5.61. The minimum atomic E-state index is 0.596. The minimum Gasteiger partial charge on any atom is -0.317 e. The molecule has 1 saturated carbocycles. The second-order valence-corrected chi connectivity index (χ2v) is 6.81. The smallest absolute Gasteiger partial charge is 0.000899 e. The van der Waals surface area contributed by atoms with Gasteiger partial charge in [0.2, 0.25) is 0 Å². The zero-order valence-electron chi connectivity index (χ0n) is 12.5. The third kappa shape index (κ3) is 3.27. The molecule has 2 rings (SSSR count). The van der Waals surface area contributed by atoms with E-state index >= 15 is 0 Å². The molecule has 1 heterocycles. The van der Waals surface area contributed by atoms with Crippen LogP contribution in [0, 0.1) is 10.8 Å². The molecule has 0 atom stereocenters. The fourth-order valence-corrected chi connectivity index (χ4v) is 3.93. The molecule has 0 unspecified atom stereocenters. The maximum Gasteiger partial charge on any atom is 0.000899 e. The van der Waals surface area contributed by atoms with E-state index in [0.29, 0.717) is 10.8 Å². The molecular formula is C16H32N2. The molecule has 106 valence electrons. The maximum absolute atomic E-state index is 3.85. The molecule has 1 saturated heterocycles. The highest BCUT2D eigenvalue weighted by Crippen LogP contribution is 2.43. The van der Waals surface area contributed by atoms with Gasteiger partial charge in [-0.25, -0.2) is 0 Å². The third-order valence-corrected chi connectivity index (χ3v) is 5.61. The Morgan fingerprint density at radius 3 is 2.11 bits per heavy atom. The Labute approximate surface area is 113 Å². The first kappa shape index (κ1) is 14.3. The van der Waals surface area contributed by atoms with E-state index in [1.54, 1.807) is 0 Å². The lowest BCUT2D eigenvalue weighted by Gasteiger charge is -2.44. The second-order valence-electron chi connectivity index (χ2n) is 6.81. The topological polar surface area (TPSA) is 24.1 Å². The highest BCUT2D eigenvalue weighted by atomic mass is 14.9. The first-order chi connectivity index (χ1) is 8.74. The molecule has 0 aromatic carbocycles. The van der Waals surface area contributed by atoms with Crippen LogP contribution in [0.2, 0.25) is 0 Å². The van der Waals surface area contributed by atoms with Gasteiger partial charge in [0.1, 0.15) is 0 Å². The molecule has 2 N–H and O–H groups in total. The van der Waals surface area contributed by atoms with Gasteiger partial charge in [-0.2, -0.15) is 0 Å². The zero-order chi connectivity index (χ0) is 12.9. The van der Waals surface area contributed by atoms with E-state index in [4.69, 9.17) is 0 Å². The summed E-state index contributed by atoms with van der Waals surface area (Å²) >= 11 is 0.